The van der Waals surface area contributed by atoms with Gasteiger partial charge in [0.15, 0.2) is 0 Å². The van der Waals surface area contributed by atoms with Crippen LogP contribution in [0.25, 0.3) is 10.8 Å². The summed E-state index contributed by atoms with van der Waals surface area (Å²) in [7, 11) is 0. The van der Waals surface area contributed by atoms with Crippen molar-refractivity contribution in [2.45, 2.75) is 12.5 Å². The molecule has 0 heterocycles. The van der Waals surface area contributed by atoms with Crippen LogP contribution in [0.2, 0.25) is 0 Å². The van der Waals surface area contributed by atoms with Gasteiger partial charge in [-0.2, -0.15) is 0 Å². The lowest BCUT2D eigenvalue weighted by atomic mass is 9.98. The lowest BCUT2D eigenvalue weighted by molar-refractivity contribution is -0.139. The van der Waals surface area contributed by atoms with Crippen LogP contribution in [0.3, 0.4) is 0 Å². The van der Waals surface area contributed by atoms with E-state index in [-0.39, 0.29) is 12.2 Å². The van der Waals surface area contributed by atoms with Crippen molar-refractivity contribution in [2.24, 2.45) is 0 Å². The van der Waals surface area contributed by atoms with Crippen molar-refractivity contribution in [2.75, 3.05) is 0 Å². The van der Waals surface area contributed by atoms with Crippen molar-refractivity contribution in [3.8, 4) is 5.75 Å². The highest BCUT2D eigenvalue weighted by atomic mass is 16.4. The maximum Gasteiger partial charge on any atom is 0.326 e. The van der Waals surface area contributed by atoms with E-state index in [4.69, 9.17) is 0 Å². The molecule has 0 aliphatic rings. The first-order chi connectivity index (χ1) is 12.0. The number of rotatable bonds is 5. The Labute approximate surface area is 144 Å². The van der Waals surface area contributed by atoms with Crippen LogP contribution in [-0.4, -0.2) is 28.1 Å². The van der Waals surface area contributed by atoms with E-state index in [0.29, 0.717) is 5.56 Å². The minimum Gasteiger partial charge on any atom is -0.508 e. The molecule has 0 radical (unpaired) electrons. The molecule has 1 atom stereocenters. The molecule has 25 heavy (non-hydrogen) atoms. The summed E-state index contributed by atoms with van der Waals surface area (Å²) in [6.45, 7) is 0. The van der Waals surface area contributed by atoms with Gasteiger partial charge in [-0.05, 0) is 40.6 Å². The van der Waals surface area contributed by atoms with Crippen LogP contribution < -0.4 is 5.32 Å². The maximum atomic E-state index is 12.3. The van der Waals surface area contributed by atoms with Gasteiger partial charge in [-0.25, -0.2) is 4.79 Å². The Morgan fingerprint density at radius 1 is 0.920 bits per heavy atom. The number of benzene rings is 3. The van der Waals surface area contributed by atoms with Gasteiger partial charge in [0.05, 0.1) is 0 Å². The Hall–Kier alpha value is -3.34. The Balaban J connectivity index is 1.83. The molecule has 3 N–H and O–H groups in total. The van der Waals surface area contributed by atoms with Crippen molar-refractivity contribution in [3.05, 3.63) is 77.9 Å². The predicted octanol–water partition coefficient (Wildman–Crippen LogP) is 2.97. The van der Waals surface area contributed by atoms with Gasteiger partial charge < -0.3 is 15.5 Å². The number of carbonyl (C=O) groups is 2. The summed E-state index contributed by atoms with van der Waals surface area (Å²) in [6.07, 6.45) is 0.181. The smallest absolute Gasteiger partial charge is 0.326 e. The fourth-order valence-electron chi connectivity index (χ4n) is 2.74. The molecule has 0 aromatic heterocycles. The van der Waals surface area contributed by atoms with E-state index in [1.54, 1.807) is 0 Å². The van der Waals surface area contributed by atoms with E-state index < -0.39 is 17.9 Å². The topological polar surface area (TPSA) is 86.6 Å². The van der Waals surface area contributed by atoms with E-state index in [1.165, 1.54) is 24.3 Å². The third kappa shape index (κ3) is 3.77. The molecule has 0 aliphatic carbocycles. The third-order valence-electron chi connectivity index (χ3n) is 4.04. The largest absolute Gasteiger partial charge is 0.508 e. The summed E-state index contributed by atoms with van der Waals surface area (Å²) in [5.41, 5.74) is 1.15. The van der Waals surface area contributed by atoms with Crippen LogP contribution in [0.15, 0.2) is 66.7 Å². The number of nitrogens with one attached hydrogen (secondary N) is 1. The molecule has 3 aromatic rings. The molecular formula is C20H17NO4. The summed E-state index contributed by atoms with van der Waals surface area (Å²) >= 11 is 0. The maximum absolute atomic E-state index is 12.3. The van der Waals surface area contributed by atoms with Crippen LogP contribution in [0.5, 0.6) is 5.75 Å². The fraction of sp³-hybridized carbons (Fsp3) is 0.100. The van der Waals surface area contributed by atoms with Gasteiger partial charge >= 0.3 is 5.97 Å². The minimum absolute atomic E-state index is 0.0436. The predicted molar refractivity (Wildman–Crippen MR) is 94.6 cm³/mol. The standard InChI is InChI=1S/C20H17NO4/c22-16-10-8-14(9-11-16)19(23)21-18(20(24)25)12-15-6-3-5-13-4-1-2-7-17(13)15/h1-11,18,22H,12H2,(H,21,23)(H,24,25)/t18-/m0/s1. The zero-order valence-electron chi connectivity index (χ0n) is 13.3. The first kappa shape index (κ1) is 16.5. The highest BCUT2D eigenvalue weighted by Crippen LogP contribution is 2.20. The number of carbonyl (C=O) groups excluding carboxylic acids is 1. The second-order valence-corrected chi connectivity index (χ2v) is 5.75. The summed E-state index contributed by atoms with van der Waals surface area (Å²) in [5, 5.41) is 23.3. The van der Waals surface area contributed by atoms with Gasteiger partial charge in [0.1, 0.15) is 11.8 Å². The van der Waals surface area contributed by atoms with Crippen molar-refractivity contribution in [3.63, 3.8) is 0 Å². The summed E-state index contributed by atoms with van der Waals surface area (Å²) in [5.74, 6) is -1.55. The van der Waals surface area contributed by atoms with E-state index in [2.05, 4.69) is 5.32 Å². The zero-order chi connectivity index (χ0) is 17.8. The second-order valence-electron chi connectivity index (χ2n) is 5.75. The quantitative estimate of drug-likeness (QED) is 0.669. The summed E-state index contributed by atoms with van der Waals surface area (Å²) < 4.78 is 0. The number of carboxylic acid groups (broad SMARTS) is 1. The Morgan fingerprint density at radius 2 is 1.60 bits per heavy atom. The molecule has 0 saturated carbocycles. The van der Waals surface area contributed by atoms with Crippen LogP contribution in [-0.2, 0) is 11.2 Å². The van der Waals surface area contributed by atoms with E-state index in [1.807, 2.05) is 42.5 Å². The van der Waals surface area contributed by atoms with Crippen molar-refractivity contribution >= 4 is 22.6 Å². The van der Waals surface area contributed by atoms with Gasteiger partial charge in [0.25, 0.3) is 5.91 Å². The molecular weight excluding hydrogens is 318 g/mol. The highest BCUT2D eigenvalue weighted by Gasteiger charge is 2.22. The minimum atomic E-state index is -1.10. The number of hydrogen-bond acceptors (Lipinski definition) is 3. The van der Waals surface area contributed by atoms with E-state index in [0.717, 1.165) is 16.3 Å². The molecule has 126 valence electrons. The molecule has 3 rings (SSSR count). The van der Waals surface area contributed by atoms with Gasteiger partial charge in [-0.3, -0.25) is 4.79 Å². The lowest BCUT2D eigenvalue weighted by Gasteiger charge is -2.16. The first-order valence-electron chi connectivity index (χ1n) is 7.84. The molecule has 0 fully saturated rings. The SMILES string of the molecule is O=C(N[C@@H](Cc1cccc2ccccc12)C(=O)O)c1ccc(O)cc1. The number of hydrogen-bond donors (Lipinski definition) is 3. The Kier molecular flexibility index (Phi) is 4.66. The average Bonchev–Trinajstić information content (AvgIpc) is 2.61. The van der Waals surface area contributed by atoms with Gasteiger partial charge in [-0.1, -0.05) is 42.5 Å². The highest BCUT2D eigenvalue weighted by molar-refractivity contribution is 5.97. The first-order valence-corrected chi connectivity index (χ1v) is 7.84. The number of amides is 1. The number of carboxylic acids is 1. The van der Waals surface area contributed by atoms with Gasteiger partial charge in [0.2, 0.25) is 0 Å². The molecule has 0 saturated heterocycles. The third-order valence-corrected chi connectivity index (χ3v) is 4.04. The van der Waals surface area contributed by atoms with Crippen LogP contribution in [0.1, 0.15) is 15.9 Å². The number of fused-ring (bicyclic) bond motifs is 1. The zero-order valence-corrected chi connectivity index (χ0v) is 13.3. The van der Waals surface area contributed by atoms with Crippen LogP contribution in [0, 0.1) is 0 Å². The number of phenolic OH excluding ortho intramolecular Hbond substituents is 1. The van der Waals surface area contributed by atoms with Crippen molar-refractivity contribution in [1.29, 1.82) is 0 Å². The summed E-state index contributed by atoms with van der Waals surface area (Å²) in [4.78, 5) is 23.9. The Morgan fingerprint density at radius 3 is 2.32 bits per heavy atom. The number of phenols is 1. The van der Waals surface area contributed by atoms with E-state index in [9.17, 15) is 19.8 Å². The molecule has 0 unspecified atom stereocenters. The van der Waals surface area contributed by atoms with E-state index >= 15 is 0 Å². The average molecular weight is 335 g/mol. The van der Waals surface area contributed by atoms with Crippen LogP contribution in [0.4, 0.5) is 0 Å². The Bertz CT molecular complexity index is 913. The van der Waals surface area contributed by atoms with Crippen molar-refractivity contribution < 1.29 is 19.8 Å². The fourth-order valence-corrected chi connectivity index (χ4v) is 2.74. The number of aliphatic carboxylic acids is 1. The molecule has 5 nitrogen and oxygen atoms in total. The van der Waals surface area contributed by atoms with Gasteiger partial charge in [0, 0.05) is 12.0 Å². The van der Waals surface area contributed by atoms with Gasteiger partial charge in [-0.15, -0.1) is 0 Å². The lowest BCUT2D eigenvalue weighted by Crippen LogP contribution is -2.42. The van der Waals surface area contributed by atoms with Crippen LogP contribution >= 0.6 is 0 Å². The second kappa shape index (κ2) is 7.05. The normalized spacial score (nSPS) is 11.8. The molecule has 0 spiro atoms. The molecule has 0 aliphatic heterocycles. The molecule has 1 amide bonds. The molecule has 0 bridgehead atoms. The van der Waals surface area contributed by atoms with Crippen molar-refractivity contribution in [1.82, 2.24) is 5.32 Å². The monoisotopic (exact) mass is 335 g/mol. The molecule has 3 aromatic carbocycles. The summed E-state index contributed by atoms with van der Waals surface area (Å²) in [6, 6.07) is 18.0. The number of aromatic hydroxyl groups is 1. The molecule has 5 heteroatoms.